The lowest BCUT2D eigenvalue weighted by molar-refractivity contribution is 0.246. The molecule has 0 unspecified atom stereocenters. The fourth-order valence-electron chi connectivity index (χ4n) is 3.06. The van der Waals surface area contributed by atoms with Crippen LogP contribution < -0.4 is 5.73 Å². The van der Waals surface area contributed by atoms with Crippen LogP contribution >= 0.6 is 0 Å². The first kappa shape index (κ1) is 14.2. The van der Waals surface area contributed by atoms with E-state index in [1.165, 1.54) is 22.3 Å². The summed E-state index contributed by atoms with van der Waals surface area (Å²) in [5.41, 5.74) is 12.6. The molecular weight excluding hydrogens is 256 g/mol. The van der Waals surface area contributed by atoms with Crippen LogP contribution in [0.15, 0.2) is 42.5 Å². The van der Waals surface area contributed by atoms with Gasteiger partial charge >= 0.3 is 0 Å². The number of hydrogen-bond acceptors (Lipinski definition) is 2. The van der Waals surface area contributed by atoms with Gasteiger partial charge in [-0.2, -0.15) is 0 Å². The summed E-state index contributed by atoms with van der Waals surface area (Å²) in [5, 5.41) is 0. The molecule has 0 atom stereocenters. The van der Waals surface area contributed by atoms with Gasteiger partial charge in [-0.25, -0.2) is 0 Å². The van der Waals surface area contributed by atoms with Gasteiger partial charge in [0.1, 0.15) is 0 Å². The molecule has 0 spiro atoms. The maximum Gasteiger partial charge on any atom is 0.0362 e. The minimum Gasteiger partial charge on any atom is -0.398 e. The van der Waals surface area contributed by atoms with Crippen molar-refractivity contribution in [3.63, 3.8) is 0 Å². The zero-order valence-corrected chi connectivity index (χ0v) is 13.0. The predicted molar refractivity (Wildman–Crippen MR) is 89.2 cm³/mol. The van der Waals surface area contributed by atoms with Gasteiger partial charge in [0.05, 0.1) is 0 Å². The van der Waals surface area contributed by atoms with Gasteiger partial charge in [-0.1, -0.05) is 50.2 Å². The predicted octanol–water partition coefficient (Wildman–Crippen LogP) is 3.95. The molecule has 0 aromatic heterocycles. The Kier molecular flexibility index (Phi) is 3.98. The normalized spacial score (nSPS) is 15.2. The Labute approximate surface area is 127 Å². The molecule has 2 nitrogen and oxygen atoms in total. The van der Waals surface area contributed by atoms with Gasteiger partial charge in [0.25, 0.3) is 0 Å². The summed E-state index contributed by atoms with van der Waals surface area (Å²) in [7, 11) is 0. The molecule has 3 rings (SSSR count). The second-order valence-electron chi connectivity index (χ2n) is 6.34. The molecule has 0 saturated heterocycles. The van der Waals surface area contributed by atoms with Crippen molar-refractivity contribution < 1.29 is 0 Å². The second-order valence-corrected chi connectivity index (χ2v) is 6.34. The van der Waals surface area contributed by atoms with E-state index in [4.69, 9.17) is 5.73 Å². The molecule has 110 valence electrons. The molecule has 21 heavy (non-hydrogen) atoms. The number of nitrogen functional groups attached to an aromatic ring is 1. The molecule has 1 aliphatic rings. The van der Waals surface area contributed by atoms with Crippen molar-refractivity contribution in [1.82, 2.24) is 4.90 Å². The Hall–Kier alpha value is -1.80. The van der Waals surface area contributed by atoms with Crippen molar-refractivity contribution in [3.8, 4) is 0 Å². The summed E-state index contributed by atoms with van der Waals surface area (Å²) in [6.45, 7) is 7.56. The topological polar surface area (TPSA) is 29.3 Å². The molecule has 1 aliphatic heterocycles. The number of nitrogens with two attached hydrogens (primary N) is 1. The number of fused-ring (bicyclic) bond motifs is 1. The molecule has 1 heterocycles. The lowest BCUT2D eigenvalue weighted by atomic mass is 9.97. The molecule has 0 fully saturated rings. The van der Waals surface area contributed by atoms with E-state index in [9.17, 15) is 0 Å². The third kappa shape index (κ3) is 3.11. The fourth-order valence-corrected chi connectivity index (χ4v) is 3.06. The van der Waals surface area contributed by atoms with Crippen LogP contribution in [0, 0.1) is 0 Å². The monoisotopic (exact) mass is 280 g/mol. The Bertz CT molecular complexity index is 614. The number of rotatable bonds is 3. The Morgan fingerprint density at radius 1 is 1.10 bits per heavy atom. The average molecular weight is 280 g/mol. The van der Waals surface area contributed by atoms with Crippen LogP contribution in [-0.2, 0) is 19.5 Å². The maximum atomic E-state index is 6.12. The SMILES string of the molecule is CC(C)c1ccc(CN2CCc3cccc(N)c3C2)cc1. The molecule has 2 heteroatoms. The zero-order chi connectivity index (χ0) is 14.8. The van der Waals surface area contributed by atoms with E-state index in [2.05, 4.69) is 55.1 Å². The molecule has 0 aliphatic carbocycles. The summed E-state index contributed by atoms with van der Waals surface area (Å²) in [6, 6.07) is 15.3. The Balaban J connectivity index is 1.71. The van der Waals surface area contributed by atoms with Crippen LogP contribution in [0.25, 0.3) is 0 Å². The molecular formula is C19H24N2. The molecule has 0 amide bonds. The average Bonchev–Trinajstić information content (AvgIpc) is 2.49. The Morgan fingerprint density at radius 2 is 1.86 bits per heavy atom. The van der Waals surface area contributed by atoms with Crippen LogP contribution in [0.2, 0.25) is 0 Å². The second kappa shape index (κ2) is 5.90. The molecule has 0 saturated carbocycles. The third-order valence-electron chi connectivity index (χ3n) is 4.44. The van der Waals surface area contributed by atoms with Crippen molar-refractivity contribution >= 4 is 5.69 Å². The summed E-state index contributed by atoms with van der Waals surface area (Å²) in [4.78, 5) is 2.49. The van der Waals surface area contributed by atoms with E-state index in [0.717, 1.165) is 31.7 Å². The van der Waals surface area contributed by atoms with Crippen molar-refractivity contribution in [2.45, 2.75) is 39.3 Å². The van der Waals surface area contributed by atoms with Gasteiger partial charge in [0.15, 0.2) is 0 Å². The van der Waals surface area contributed by atoms with Crippen LogP contribution in [0.5, 0.6) is 0 Å². The summed E-state index contributed by atoms with van der Waals surface area (Å²) < 4.78 is 0. The largest absolute Gasteiger partial charge is 0.398 e. The van der Waals surface area contributed by atoms with E-state index >= 15 is 0 Å². The van der Waals surface area contributed by atoms with Gasteiger partial charge in [-0.3, -0.25) is 4.90 Å². The van der Waals surface area contributed by atoms with E-state index < -0.39 is 0 Å². The van der Waals surface area contributed by atoms with Crippen LogP contribution in [0.4, 0.5) is 5.69 Å². The van der Waals surface area contributed by atoms with E-state index in [1.807, 2.05) is 6.07 Å². The lowest BCUT2D eigenvalue weighted by Gasteiger charge is -2.29. The highest BCUT2D eigenvalue weighted by atomic mass is 15.1. The molecule has 2 aromatic carbocycles. The van der Waals surface area contributed by atoms with Crippen LogP contribution in [0.1, 0.15) is 42.0 Å². The minimum atomic E-state index is 0.598. The van der Waals surface area contributed by atoms with Crippen molar-refractivity contribution in [2.24, 2.45) is 0 Å². The van der Waals surface area contributed by atoms with Gasteiger partial charge in [-0.05, 0) is 40.7 Å². The smallest absolute Gasteiger partial charge is 0.0362 e. The highest BCUT2D eigenvalue weighted by Crippen LogP contribution is 2.25. The van der Waals surface area contributed by atoms with Gasteiger partial charge in [0.2, 0.25) is 0 Å². The standard InChI is InChI=1S/C19H24N2/c1-14(2)16-8-6-15(7-9-16)12-21-11-10-17-4-3-5-19(20)18(17)13-21/h3-9,14H,10-13,20H2,1-2H3. The van der Waals surface area contributed by atoms with Crippen molar-refractivity contribution in [3.05, 3.63) is 64.7 Å². The number of anilines is 1. The molecule has 0 bridgehead atoms. The van der Waals surface area contributed by atoms with E-state index in [-0.39, 0.29) is 0 Å². The number of nitrogens with zero attached hydrogens (tertiary/aromatic N) is 1. The highest BCUT2D eigenvalue weighted by Gasteiger charge is 2.18. The summed E-state index contributed by atoms with van der Waals surface area (Å²) >= 11 is 0. The van der Waals surface area contributed by atoms with Crippen molar-refractivity contribution in [1.29, 1.82) is 0 Å². The first-order valence-corrected chi connectivity index (χ1v) is 7.81. The van der Waals surface area contributed by atoms with Crippen LogP contribution in [-0.4, -0.2) is 11.4 Å². The molecule has 0 radical (unpaired) electrons. The quantitative estimate of drug-likeness (QED) is 0.863. The zero-order valence-electron chi connectivity index (χ0n) is 13.0. The first-order chi connectivity index (χ1) is 10.1. The van der Waals surface area contributed by atoms with Gasteiger partial charge < -0.3 is 5.73 Å². The molecule has 2 aromatic rings. The summed E-state index contributed by atoms with van der Waals surface area (Å²) in [5.74, 6) is 0.598. The van der Waals surface area contributed by atoms with E-state index in [0.29, 0.717) is 5.92 Å². The Morgan fingerprint density at radius 3 is 2.57 bits per heavy atom. The van der Waals surface area contributed by atoms with Crippen LogP contribution in [0.3, 0.4) is 0 Å². The lowest BCUT2D eigenvalue weighted by Crippen LogP contribution is -2.30. The van der Waals surface area contributed by atoms with Gasteiger partial charge in [0, 0.05) is 25.3 Å². The number of hydrogen-bond donors (Lipinski definition) is 1. The number of benzene rings is 2. The maximum absolute atomic E-state index is 6.12. The van der Waals surface area contributed by atoms with Gasteiger partial charge in [-0.15, -0.1) is 0 Å². The first-order valence-electron chi connectivity index (χ1n) is 7.81. The van der Waals surface area contributed by atoms with Crippen molar-refractivity contribution in [2.75, 3.05) is 12.3 Å². The third-order valence-corrected chi connectivity index (χ3v) is 4.44. The highest BCUT2D eigenvalue weighted by molar-refractivity contribution is 5.51. The molecule has 2 N–H and O–H groups in total. The summed E-state index contributed by atoms with van der Waals surface area (Å²) in [6.07, 6.45) is 1.10. The fraction of sp³-hybridized carbons (Fsp3) is 0.368. The van der Waals surface area contributed by atoms with E-state index in [1.54, 1.807) is 0 Å². The minimum absolute atomic E-state index is 0.598.